The predicted octanol–water partition coefficient (Wildman–Crippen LogP) is -5.92. The van der Waals surface area contributed by atoms with E-state index in [1.165, 1.54) is 0 Å². The van der Waals surface area contributed by atoms with E-state index >= 15 is 0 Å². The molecule has 0 rings (SSSR count). The van der Waals surface area contributed by atoms with Crippen molar-refractivity contribution >= 4 is 0 Å². The van der Waals surface area contributed by atoms with Gasteiger partial charge in [0.1, 0.15) is 0 Å². The van der Waals surface area contributed by atoms with Gasteiger partial charge in [-0.1, -0.05) is 0 Å². The zero-order chi connectivity index (χ0) is 0. The van der Waals surface area contributed by atoms with Gasteiger partial charge in [0.2, 0.25) is 0 Å². The molecular weight excluding hydrogens is 53.9 g/mol. The molecule has 5 heavy (non-hydrogen) atoms. The van der Waals surface area contributed by atoms with Crippen molar-refractivity contribution in [3.63, 3.8) is 0 Å². The summed E-state index contributed by atoms with van der Waals surface area (Å²) in [6.45, 7) is 0. The van der Waals surface area contributed by atoms with Crippen molar-refractivity contribution < 1.29 is 43.2 Å². The summed E-state index contributed by atoms with van der Waals surface area (Å²) in [4.78, 5) is 0. The molecule has 24 valence electrons. The van der Waals surface area contributed by atoms with Crippen LogP contribution in [0.4, 0.5) is 0 Å². The third kappa shape index (κ3) is 38.5. The summed E-state index contributed by atoms with van der Waals surface area (Å²) in [7, 11) is 0. The molecule has 0 aromatic carbocycles. The maximum absolute atomic E-state index is 0. The molecule has 2 N–H and O–H groups in total. The van der Waals surface area contributed by atoms with E-state index in [4.69, 9.17) is 0 Å². The summed E-state index contributed by atoms with van der Waals surface area (Å²) in [5.74, 6) is 0. The average Bonchev–Trinajstić information content (AvgIpc) is 0. The molecule has 0 unspecified atom stereocenters. The molecule has 0 amide bonds. The molecule has 1 nitrogen and oxygen atoms in total. The molecular formula is C2H8Li2O. The van der Waals surface area contributed by atoms with Gasteiger partial charge in [0, 0.05) is 0 Å². The van der Waals surface area contributed by atoms with Crippen molar-refractivity contribution in [1.82, 2.24) is 0 Å². The largest absolute Gasteiger partial charge is 1.00 e. The zero-order valence-corrected chi connectivity index (χ0v) is 4.50. The van der Waals surface area contributed by atoms with Gasteiger partial charge in [0.05, 0.1) is 0 Å². The van der Waals surface area contributed by atoms with E-state index in [9.17, 15) is 0 Å². The smallest absolute Gasteiger partial charge is 0.412 e. The summed E-state index contributed by atoms with van der Waals surface area (Å²) < 4.78 is 0. The van der Waals surface area contributed by atoms with Gasteiger partial charge in [-0.05, 0) is 0 Å². The minimum atomic E-state index is 0. The molecule has 0 aromatic heterocycles. The second-order valence-electron chi connectivity index (χ2n) is 0. The van der Waals surface area contributed by atoms with Crippen molar-refractivity contribution in [2.75, 3.05) is 0 Å². The summed E-state index contributed by atoms with van der Waals surface area (Å²) in [5, 5.41) is 0. The van der Waals surface area contributed by atoms with E-state index in [2.05, 4.69) is 0 Å². The van der Waals surface area contributed by atoms with Crippen molar-refractivity contribution in [2.24, 2.45) is 0 Å². The predicted molar refractivity (Wildman–Crippen MR) is 16.4 cm³/mol. The number of hydrogen-bond acceptors (Lipinski definition) is 0. The fraction of sp³-hybridized carbons (Fsp3) is 0. The molecule has 0 bridgehead atoms. The third-order valence-corrected chi connectivity index (χ3v) is 0. The van der Waals surface area contributed by atoms with E-state index in [-0.39, 0.29) is 58.1 Å². The van der Waals surface area contributed by atoms with E-state index < -0.39 is 0 Å². The van der Waals surface area contributed by atoms with E-state index in [0.717, 1.165) is 0 Å². The van der Waals surface area contributed by atoms with Gasteiger partial charge < -0.3 is 20.3 Å². The summed E-state index contributed by atoms with van der Waals surface area (Å²) in [6, 6.07) is 0. The molecule has 0 spiro atoms. The molecule has 0 aliphatic carbocycles. The standard InChI is InChI=1S/2CH3.2Li.H2O/h2*1H3;;;1H2/q2*-1;2*+1;. The monoisotopic (exact) mass is 62.1 g/mol. The van der Waals surface area contributed by atoms with Crippen LogP contribution < -0.4 is 37.7 Å². The molecule has 3 heteroatoms. The third-order valence-electron chi connectivity index (χ3n) is 0. The Bertz CT molecular complexity index is 7.61. The van der Waals surface area contributed by atoms with Crippen LogP contribution in [0.2, 0.25) is 0 Å². The van der Waals surface area contributed by atoms with Crippen LogP contribution in [0, 0.1) is 14.9 Å². The van der Waals surface area contributed by atoms with Crippen LogP contribution in [0.5, 0.6) is 0 Å². The van der Waals surface area contributed by atoms with Gasteiger partial charge >= 0.3 is 37.7 Å². The van der Waals surface area contributed by atoms with E-state index in [0.29, 0.717) is 0 Å². The average molecular weight is 62.0 g/mol. The molecule has 0 saturated heterocycles. The second-order valence-corrected chi connectivity index (χ2v) is 0. The van der Waals surface area contributed by atoms with Crippen LogP contribution in [-0.4, -0.2) is 5.48 Å². The summed E-state index contributed by atoms with van der Waals surface area (Å²) in [5.41, 5.74) is 0. The molecule has 0 atom stereocenters. The van der Waals surface area contributed by atoms with Crippen LogP contribution >= 0.6 is 0 Å². The molecule has 0 aliphatic heterocycles. The number of hydrogen-bond donors (Lipinski definition) is 0. The fourth-order valence-corrected chi connectivity index (χ4v) is 0. The van der Waals surface area contributed by atoms with E-state index in [1.54, 1.807) is 0 Å². The topological polar surface area (TPSA) is 31.5 Å². The normalized spacial score (nSPS) is 0. The molecule has 0 fully saturated rings. The van der Waals surface area contributed by atoms with Crippen molar-refractivity contribution in [3.8, 4) is 0 Å². The fourth-order valence-electron chi connectivity index (χ4n) is 0. The Morgan fingerprint density at radius 1 is 0.600 bits per heavy atom. The molecule has 0 aromatic rings. The minimum absolute atomic E-state index is 0. The van der Waals surface area contributed by atoms with Gasteiger partial charge in [0.15, 0.2) is 0 Å². The second kappa shape index (κ2) is 66.7. The van der Waals surface area contributed by atoms with Crippen molar-refractivity contribution in [3.05, 3.63) is 14.9 Å². The van der Waals surface area contributed by atoms with E-state index in [1.807, 2.05) is 0 Å². The molecule has 0 heterocycles. The first-order valence-electron chi connectivity index (χ1n) is 0. The van der Waals surface area contributed by atoms with Gasteiger partial charge in [-0.2, -0.15) is 0 Å². The Hall–Kier alpha value is 1.15. The van der Waals surface area contributed by atoms with Crippen molar-refractivity contribution in [1.29, 1.82) is 0 Å². The van der Waals surface area contributed by atoms with Crippen LogP contribution in [0.25, 0.3) is 0 Å². The summed E-state index contributed by atoms with van der Waals surface area (Å²) in [6.07, 6.45) is 0. The first kappa shape index (κ1) is 123. The molecule has 0 saturated carbocycles. The Balaban J connectivity index is 0. The van der Waals surface area contributed by atoms with Gasteiger partial charge in [-0.25, -0.2) is 0 Å². The minimum Gasteiger partial charge on any atom is -0.412 e. The van der Waals surface area contributed by atoms with Crippen molar-refractivity contribution in [2.45, 2.75) is 0 Å². The Labute approximate surface area is 58.2 Å². The van der Waals surface area contributed by atoms with Gasteiger partial charge in [-0.3, -0.25) is 0 Å². The quantitative estimate of drug-likeness (QED) is 0.198. The number of rotatable bonds is 0. The first-order chi connectivity index (χ1) is 0. The Morgan fingerprint density at radius 2 is 0.600 bits per heavy atom. The maximum atomic E-state index is 0. The first-order valence-corrected chi connectivity index (χ1v) is 0. The molecule has 0 radical (unpaired) electrons. The van der Waals surface area contributed by atoms with Gasteiger partial charge in [0.25, 0.3) is 0 Å². The van der Waals surface area contributed by atoms with Gasteiger partial charge in [-0.15, -0.1) is 0 Å². The summed E-state index contributed by atoms with van der Waals surface area (Å²) >= 11 is 0. The SMILES string of the molecule is O.[CH3-].[CH3-].[Li+].[Li+]. The van der Waals surface area contributed by atoms with Crippen LogP contribution in [0.3, 0.4) is 0 Å². The van der Waals surface area contributed by atoms with Crippen LogP contribution in [-0.2, 0) is 0 Å². The van der Waals surface area contributed by atoms with Crippen LogP contribution in [0.1, 0.15) is 0 Å². The van der Waals surface area contributed by atoms with Crippen LogP contribution in [0.15, 0.2) is 0 Å². The molecule has 0 aliphatic rings. The Kier molecular flexibility index (Phi) is 1640. The maximum Gasteiger partial charge on any atom is 1.00 e. The Morgan fingerprint density at radius 3 is 0.600 bits per heavy atom. The zero-order valence-electron chi connectivity index (χ0n) is 4.50.